The van der Waals surface area contributed by atoms with Crippen molar-refractivity contribution in [2.75, 3.05) is 6.54 Å². The SMILES string of the molecule is CCNC(=O)C(C)Oc1cccc(Cl)c1C(N)=S. The van der Waals surface area contributed by atoms with Crippen LogP contribution in [0, 0.1) is 0 Å². The van der Waals surface area contributed by atoms with E-state index >= 15 is 0 Å². The van der Waals surface area contributed by atoms with Crippen molar-refractivity contribution >= 4 is 34.7 Å². The van der Waals surface area contributed by atoms with E-state index in [9.17, 15) is 4.79 Å². The first-order valence-corrected chi connectivity index (χ1v) is 6.28. The lowest BCUT2D eigenvalue weighted by molar-refractivity contribution is -0.127. The Kier molecular flexibility index (Phi) is 5.37. The summed E-state index contributed by atoms with van der Waals surface area (Å²) in [5.74, 6) is 0.208. The molecule has 3 N–H and O–H groups in total. The molecule has 1 atom stereocenters. The van der Waals surface area contributed by atoms with E-state index in [-0.39, 0.29) is 10.9 Å². The van der Waals surface area contributed by atoms with Gasteiger partial charge in [0.15, 0.2) is 6.10 Å². The molecule has 4 nitrogen and oxygen atoms in total. The smallest absolute Gasteiger partial charge is 0.260 e. The zero-order chi connectivity index (χ0) is 13.7. The van der Waals surface area contributed by atoms with Crippen LogP contribution in [0.15, 0.2) is 18.2 Å². The number of rotatable bonds is 5. The highest BCUT2D eigenvalue weighted by Gasteiger charge is 2.17. The van der Waals surface area contributed by atoms with Gasteiger partial charge in [-0.25, -0.2) is 0 Å². The quantitative estimate of drug-likeness (QED) is 0.811. The number of benzene rings is 1. The predicted molar refractivity (Wildman–Crippen MR) is 76.1 cm³/mol. The summed E-state index contributed by atoms with van der Waals surface area (Å²) >= 11 is 10.9. The van der Waals surface area contributed by atoms with E-state index in [0.717, 1.165) is 0 Å². The molecule has 1 aromatic carbocycles. The summed E-state index contributed by atoms with van der Waals surface area (Å²) in [7, 11) is 0. The van der Waals surface area contributed by atoms with Crippen molar-refractivity contribution in [1.82, 2.24) is 5.32 Å². The number of nitrogens with two attached hydrogens (primary N) is 1. The second-order valence-corrected chi connectivity index (χ2v) is 4.48. The van der Waals surface area contributed by atoms with Crippen LogP contribution < -0.4 is 15.8 Å². The normalized spacial score (nSPS) is 11.7. The molecule has 0 aliphatic rings. The Bertz CT molecular complexity index is 465. The molecule has 0 bridgehead atoms. The van der Waals surface area contributed by atoms with E-state index in [1.54, 1.807) is 25.1 Å². The Morgan fingerprint density at radius 2 is 2.28 bits per heavy atom. The van der Waals surface area contributed by atoms with Crippen LogP contribution in [0.1, 0.15) is 19.4 Å². The maximum atomic E-state index is 11.6. The summed E-state index contributed by atoms with van der Waals surface area (Å²) in [6, 6.07) is 5.06. The third kappa shape index (κ3) is 3.58. The van der Waals surface area contributed by atoms with Crippen molar-refractivity contribution in [2.24, 2.45) is 5.73 Å². The molecule has 1 aromatic rings. The van der Waals surface area contributed by atoms with Gasteiger partial charge in [0.05, 0.1) is 10.6 Å². The summed E-state index contributed by atoms with van der Waals surface area (Å²) in [6.07, 6.45) is -0.642. The molecule has 0 aliphatic carbocycles. The summed E-state index contributed by atoms with van der Waals surface area (Å²) in [4.78, 5) is 11.7. The van der Waals surface area contributed by atoms with Crippen LogP contribution in [0.2, 0.25) is 5.02 Å². The number of hydrogen-bond donors (Lipinski definition) is 2. The van der Waals surface area contributed by atoms with Crippen LogP contribution in [-0.4, -0.2) is 23.5 Å². The number of amides is 1. The van der Waals surface area contributed by atoms with Crippen molar-refractivity contribution in [3.8, 4) is 5.75 Å². The number of likely N-dealkylation sites (N-methyl/N-ethyl adjacent to an activating group) is 1. The highest BCUT2D eigenvalue weighted by molar-refractivity contribution is 7.80. The van der Waals surface area contributed by atoms with Crippen molar-refractivity contribution < 1.29 is 9.53 Å². The number of halogens is 1. The third-order valence-electron chi connectivity index (χ3n) is 2.25. The Hall–Kier alpha value is -1.33. The van der Waals surface area contributed by atoms with E-state index in [2.05, 4.69) is 5.32 Å². The third-order valence-corrected chi connectivity index (χ3v) is 2.76. The average molecular weight is 287 g/mol. The number of carbonyl (C=O) groups excluding carboxylic acids is 1. The Labute approximate surface area is 116 Å². The zero-order valence-corrected chi connectivity index (χ0v) is 11.8. The molecule has 0 saturated heterocycles. The van der Waals surface area contributed by atoms with Crippen LogP contribution in [0.4, 0.5) is 0 Å². The molecule has 1 rings (SSSR count). The fourth-order valence-corrected chi connectivity index (χ4v) is 1.94. The van der Waals surface area contributed by atoms with Gasteiger partial charge in [0, 0.05) is 6.54 Å². The summed E-state index contributed by atoms with van der Waals surface area (Å²) in [5.41, 5.74) is 6.04. The Morgan fingerprint density at radius 3 is 2.83 bits per heavy atom. The molecule has 0 fully saturated rings. The minimum Gasteiger partial charge on any atom is -0.480 e. The van der Waals surface area contributed by atoms with E-state index < -0.39 is 6.10 Å². The van der Waals surface area contributed by atoms with Gasteiger partial charge in [0.1, 0.15) is 10.7 Å². The highest BCUT2D eigenvalue weighted by atomic mass is 35.5. The maximum absolute atomic E-state index is 11.6. The van der Waals surface area contributed by atoms with E-state index in [0.29, 0.717) is 22.9 Å². The highest BCUT2D eigenvalue weighted by Crippen LogP contribution is 2.27. The van der Waals surface area contributed by atoms with Crippen molar-refractivity contribution in [3.05, 3.63) is 28.8 Å². The second-order valence-electron chi connectivity index (χ2n) is 3.63. The first kappa shape index (κ1) is 14.7. The van der Waals surface area contributed by atoms with E-state index in [1.807, 2.05) is 6.92 Å². The molecular weight excluding hydrogens is 272 g/mol. The monoisotopic (exact) mass is 286 g/mol. The first-order chi connectivity index (χ1) is 8.47. The summed E-state index contributed by atoms with van der Waals surface area (Å²) < 4.78 is 5.54. The number of carbonyl (C=O) groups is 1. The van der Waals surface area contributed by atoms with Gasteiger partial charge in [-0.05, 0) is 26.0 Å². The fourth-order valence-electron chi connectivity index (χ4n) is 1.40. The van der Waals surface area contributed by atoms with E-state index in [1.165, 1.54) is 0 Å². The Morgan fingerprint density at radius 1 is 1.61 bits per heavy atom. The maximum Gasteiger partial charge on any atom is 0.260 e. The number of hydrogen-bond acceptors (Lipinski definition) is 3. The molecule has 0 radical (unpaired) electrons. The molecular formula is C12H15ClN2O2S. The first-order valence-electron chi connectivity index (χ1n) is 5.50. The van der Waals surface area contributed by atoms with Gasteiger partial charge in [0.25, 0.3) is 5.91 Å². The number of thiocarbonyl (C=S) groups is 1. The molecule has 0 aromatic heterocycles. The molecule has 0 heterocycles. The predicted octanol–water partition coefficient (Wildman–Crippen LogP) is 1.88. The van der Waals surface area contributed by atoms with Gasteiger partial charge in [0.2, 0.25) is 0 Å². The van der Waals surface area contributed by atoms with Crippen molar-refractivity contribution in [3.63, 3.8) is 0 Å². The van der Waals surface area contributed by atoms with Gasteiger partial charge in [-0.1, -0.05) is 29.9 Å². The largest absolute Gasteiger partial charge is 0.480 e. The molecule has 18 heavy (non-hydrogen) atoms. The van der Waals surface area contributed by atoms with E-state index in [4.69, 9.17) is 34.3 Å². The molecule has 1 unspecified atom stereocenters. The Balaban J connectivity index is 2.94. The van der Waals surface area contributed by atoms with Gasteiger partial charge in [-0.2, -0.15) is 0 Å². The molecule has 98 valence electrons. The minimum atomic E-state index is -0.642. The molecule has 0 aliphatic heterocycles. The topological polar surface area (TPSA) is 64.3 Å². The van der Waals surface area contributed by atoms with Crippen molar-refractivity contribution in [1.29, 1.82) is 0 Å². The summed E-state index contributed by atoms with van der Waals surface area (Å²) in [6.45, 7) is 4.03. The van der Waals surface area contributed by atoms with Crippen LogP contribution >= 0.6 is 23.8 Å². The number of nitrogens with one attached hydrogen (secondary N) is 1. The van der Waals surface area contributed by atoms with Gasteiger partial charge < -0.3 is 15.8 Å². The fraction of sp³-hybridized carbons (Fsp3) is 0.333. The molecule has 1 amide bonds. The average Bonchev–Trinajstić information content (AvgIpc) is 2.28. The molecule has 0 saturated carbocycles. The van der Waals surface area contributed by atoms with Crippen LogP contribution in [-0.2, 0) is 4.79 Å². The van der Waals surface area contributed by atoms with Crippen molar-refractivity contribution in [2.45, 2.75) is 20.0 Å². The lowest BCUT2D eigenvalue weighted by Crippen LogP contribution is -2.36. The lowest BCUT2D eigenvalue weighted by Gasteiger charge is -2.17. The number of ether oxygens (including phenoxy) is 1. The van der Waals surface area contributed by atoms with Crippen LogP contribution in [0.25, 0.3) is 0 Å². The lowest BCUT2D eigenvalue weighted by atomic mass is 10.2. The minimum absolute atomic E-state index is 0.138. The van der Waals surface area contributed by atoms with Gasteiger partial charge in [-0.15, -0.1) is 0 Å². The zero-order valence-electron chi connectivity index (χ0n) is 10.2. The molecule has 0 spiro atoms. The van der Waals surface area contributed by atoms with Gasteiger partial charge >= 0.3 is 0 Å². The standard InChI is InChI=1S/C12H15ClN2O2S/c1-3-15-12(16)7(2)17-9-6-4-5-8(13)10(9)11(14)18/h4-7H,3H2,1-2H3,(H2,14,18)(H,15,16). The second kappa shape index (κ2) is 6.56. The molecule has 6 heteroatoms. The summed E-state index contributed by atoms with van der Waals surface area (Å²) in [5, 5.41) is 3.07. The van der Waals surface area contributed by atoms with Gasteiger partial charge in [-0.3, -0.25) is 4.79 Å². The van der Waals surface area contributed by atoms with Crippen LogP contribution in [0.3, 0.4) is 0 Å². The van der Waals surface area contributed by atoms with Crippen LogP contribution in [0.5, 0.6) is 5.75 Å².